The van der Waals surface area contributed by atoms with Crippen molar-refractivity contribution in [3.63, 3.8) is 0 Å². The SMILES string of the molecule is CC1CCN(C(=O)CNC(c2ccc(F)cc2)C(C)C)c2ccccc2S1. The Morgan fingerprint density at radius 3 is 2.63 bits per heavy atom. The van der Waals surface area contributed by atoms with Gasteiger partial charge in [-0.3, -0.25) is 4.79 Å². The molecular weight excluding hydrogens is 359 g/mol. The van der Waals surface area contributed by atoms with Crippen LogP contribution in [-0.2, 0) is 4.79 Å². The summed E-state index contributed by atoms with van der Waals surface area (Å²) < 4.78 is 13.2. The van der Waals surface area contributed by atoms with Gasteiger partial charge in [0.1, 0.15) is 5.82 Å². The first-order chi connectivity index (χ1) is 13.0. The Kier molecular flexibility index (Phi) is 6.55. The maximum atomic E-state index is 13.2. The first-order valence-electron chi connectivity index (χ1n) is 9.50. The number of rotatable bonds is 5. The van der Waals surface area contributed by atoms with Crippen molar-refractivity contribution < 1.29 is 9.18 Å². The van der Waals surface area contributed by atoms with Gasteiger partial charge in [-0.1, -0.05) is 45.0 Å². The Labute approximate surface area is 165 Å². The largest absolute Gasteiger partial charge is 0.310 e. The fourth-order valence-electron chi connectivity index (χ4n) is 3.45. The lowest BCUT2D eigenvalue weighted by molar-refractivity contribution is -0.118. The van der Waals surface area contributed by atoms with E-state index in [4.69, 9.17) is 0 Å². The van der Waals surface area contributed by atoms with E-state index in [1.165, 1.54) is 12.1 Å². The summed E-state index contributed by atoms with van der Waals surface area (Å²) in [7, 11) is 0. The van der Waals surface area contributed by atoms with Crippen LogP contribution in [0.25, 0.3) is 0 Å². The average Bonchev–Trinajstić information content (AvgIpc) is 2.81. The first kappa shape index (κ1) is 19.9. The molecule has 144 valence electrons. The van der Waals surface area contributed by atoms with Crippen LogP contribution in [0.5, 0.6) is 0 Å². The summed E-state index contributed by atoms with van der Waals surface area (Å²) in [4.78, 5) is 16.1. The number of anilines is 1. The molecule has 0 spiro atoms. The number of para-hydroxylation sites is 1. The van der Waals surface area contributed by atoms with E-state index >= 15 is 0 Å². The number of hydrogen-bond donors (Lipinski definition) is 1. The molecule has 2 aromatic rings. The van der Waals surface area contributed by atoms with E-state index in [-0.39, 0.29) is 30.2 Å². The standard InChI is InChI=1S/C22H27FN2OS/c1-15(2)22(17-8-10-18(23)11-9-17)24-14-21(26)25-13-12-16(3)27-20-7-5-4-6-19(20)25/h4-11,15-16,22,24H,12-14H2,1-3H3. The van der Waals surface area contributed by atoms with Crippen LogP contribution in [0.15, 0.2) is 53.4 Å². The van der Waals surface area contributed by atoms with E-state index in [2.05, 4.69) is 32.2 Å². The zero-order valence-electron chi connectivity index (χ0n) is 16.1. The molecule has 1 amide bonds. The van der Waals surface area contributed by atoms with Crippen molar-refractivity contribution in [2.75, 3.05) is 18.0 Å². The third-order valence-electron chi connectivity index (χ3n) is 4.91. The van der Waals surface area contributed by atoms with E-state index in [9.17, 15) is 9.18 Å². The summed E-state index contributed by atoms with van der Waals surface area (Å²) in [5, 5.41) is 3.88. The van der Waals surface area contributed by atoms with Crippen molar-refractivity contribution >= 4 is 23.4 Å². The van der Waals surface area contributed by atoms with Gasteiger partial charge in [0.05, 0.1) is 12.2 Å². The molecule has 2 aromatic carbocycles. The fourth-order valence-corrected chi connectivity index (χ4v) is 4.56. The van der Waals surface area contributed by atoms with Crippen LogP contribution in [0.4, 0.5) is 10.1 Å². The smallest absolute Gasteiger partial charge is 0.240 e. The van der Waals surface area contributed by atoms with Gasteiger partial charge < -0.3 is 10.2 Å². The highest BCUT2D eigenvalue weighted by molar-refractivity contribution is 8.00. The van der Waals surface area contributed by atoms with E-state index in [0.29, 0.717) is 5.25 Å². The lowest BCUT2D eigenvalue weighted by atomic mass is 9.96. The number of amides is 1. The van der Waals surface area contributed by atoms with Crippen LogP contribution < -0.4 is 10.2 Å². The molecule has 2 atom stereocenters. The predicted octanol–water partition coefficient (Wildman–Crippen LogP) is 5.03. The van der Waals surface area contributed by atoms with Gasteiger partial charge in [0.2, 0.25) is 5.91 Å². The van der Waals surface area contributed by atoms with Crippen molar-refractivity contribution in [1.29, 1.82) is 0 Å². The van der Waals surface area contributed by atoms with Gasteiger partial charge >= 0.3 is 0 Å². The van der Waals surface area contributed by atoms with Gasteiger partial charge in [-0.15, -0.1) is 11.8 Å². The molecular formula is C22H27FN2OS. The van der Waals surface area contributed by atoms with E-state index in [0.717, 1.165) is 29.1 Å². The van der Waals surface area contributed by atoms with Crippen molar-refractivity contribution in [1.82, 2.24) is 5.32 Å². The molecule has 0 aromatic heterocycles. The molecule has 5 heteroatoms. The van der Waals surface area contributed by atoms with E-state index in [1.54, 1.807) is 12.1 Å². The van der Waals surface area contributed by atoms with E-state index < -0.39 is 0 Å². The summed E-state index contributed by atoms with van der Waals surface area (Å²) in [6.07, 6.45) is 0.969. The Bertz CT molecular complexity index is 778. The third kappa shape index (κ3) is 4.90. The minimum Gasteiger partial charge on any atom is -0.310 e. The summed E-state index contributed by atoms with van der Waals surface area (Å²) >= 11 is 1.83. The normalized spacial score (nSPS) is 18.1. The van der Waals surface area contributed by atoms with Crippen molar-refractivity contribution in [2.45, 2.75) is 43.4 Å². The second-order valence-electron chi connectivity index (χ2n) is 7.38. The first-order valence-corrected chi connectivity index (χ1v) is 10.4. The number of carbonyl (C=O) groups excluding carboxylic acids is 1. The second kappa shape index (κ2) is 8.89. The van der Waals surface area contributed by atoms with Crippen LogP contribution in [0, 0.1) is 11.7 Å². The Morgan fingerprint density at radius 2 is 1.93 bits per heavy atom. The molecule has 0 bridgehead atoms. The van der Waals surface area contributed by atoms with Gasteiger partial charge in [0.15, 0.2) is 0 Å². The highest BCUT2D eigenvalue weighted by Crippen LogP contribution is 2.37. The summed E-state index contributed by atoms with van der Waals surface area (Å²) in [5.41, 5.74) is 2.00. The van der Waals surface area contributed by atoms with Crippen LogP contribution in [0.3, 0.4) is 0 Å². The third-order valence-corrected chi connectivity index (χ3v) is 6.15. The molecule has 1 N–H and O–H groups in total. The van der Waals surface area contributed by atoms with Gasteiger partial charge in [-0.25, -0.2) is 4.39 Å². The topological polar surface area (TPSA) is 32.3 Å². The minimum absolute atomic E-state index is 0.00469. The summed E-state index contributed by atoms with van der Waals surface area (Å²) in [6, 6.07) is 14.6. The molecule has 0 aliphatic carbocycles. The Hall–Kier alpha value is -1.85. The number of halogens is 1. The lowest BCUT2D eigenvalue weighted by Crippen LogP contribution is -2.41. The minimum atomic E-state index is -0.245. The Balaban J connectivity index is 1.73. The highest BCUT2D eigenvalue weighted by atomic mass is 32.2. The molecule has 0 radical (unpaired) electrons. The number of fused-ring (bicyclic) bond motifs is 1. The quantitative estimate of drug-likeness (QED) is 0.782. The van der Waals surface area contributed by atoms with Gasteiger partial charge in [0, 0.05) is 22.7 Å². The molecule has 0 saturated heterocycles. The Morgan fingerprint density at radius 1 is 1.22 bits per heavy atom. The monoisotopic (exact) mass is 386 g/mol. The van der Waals surface area contributed by atoms with Crippen molar-refractivity contribution in [3.8, 4) is 0 Å². The molecule has 1 aliphatic heterocycles. The van der Waals surface area contributed by atoms with Crippen LogP contribution in [0.1, 0.15) is 38.8 Å². The maximum absolute atomic E-state index is 13.2. The average molecular weight is 387 g/mol. The van der Waals surface area contributed by atoms with Gasteiger partial charge in [-0.05, 0) is 42.2 Å². The van der Waals surface area contributed by atoms with Gasteiger partial charge in [0.25, 0.3) is 0 Å². The van der Waals surface area contributed by atoms with Crippen molar-refractivity contribution in [3.05, 3.63) is 59.9 Å². The number of hydrogen-bond acceptors (Lipinski definition) is 3. The van der Waals surface area contributed by atoms with E-state index in [1.807, 2.05) is 34.9 Å². The lowest BCUT2D eigenvalue weighted by Gasteiger charge is -2.26. The number of nitrogens with zero attached hydrogens (tertiary/aromatic N) is 1. The molecule has 1 aliphatic rings. The fraction of sp³-hybridized carbons (Fsp3) is 0.409. The molecule has 27 heavy (non-hydrogen) atoms. The summed E-state index contributed by atoms with van der Waals surface area (Å²) in [6.45, 7) is 7.40. The van der Waals surface area contributed by atoms with Crippen LogP contribution >= 0.6 is 11.8 Å². The number of nitrogens with one attached hydrogen (secondary N) is 1. The van der Waals surface area contributed by atoms with Crippen LogP contribution in [0.2, 0.25) is 0 Å². The maximum Gasteiger partial charge on any atom is 0.240 e. The molecule has 1 heterocycles. The van der Waals surface area contributed by atoms with Gasteiger partial charge in [-0.2, -0.15) is 0 Å². The molecule has 0 saturated carbocycles. The van der Waals surface area contributed by atoms with Crippen molar-refractivity contribution in [2.24, 2.45) is 5.92 Å². The number of carbonyl (C=O) groups is 1. The second-order valence-corrected chi connectivity index (χ2v) is 8.86. The number of thioether (sulfide) groups is 1. The highest BCUT2D eigenvalue weighted by Gasteiger charge is 2.25. The zero-order chi connectivity index (χ0) is 19.4. The van der Waals surface area contributed by atoms with Crippen LogP contribution in [-0.4, -0.2) is 24.2 Å². The molecule has 0 fully saturated rings. The molecule has 2 unspecified atom stereocenters. The summed E-state index contributed by atoms with van der Waals surface area (Å²) in [5.74, 6) is 0.116. The number of benzene rings is 2. The molecule has 3 nitrogen and oxygen atoms in total. The molecule has 3 rings (SSSR count). The zero-order valence-corrected chi connectivity index (χ0v) is 16.9. The predicted molar refractivity (Wildman–Crippen MR) is 111 cm³/mol.